The highest BCUT2D eigenvalue weighted by Gasteiger charge is 2.18. The Bertz CT molecular complexity index is 558. The summed E-state index contributed by atoms with van der Waals surface area (Å²) < 4.78 is 0. The Morgan fingerprint density at radius 3 is 2.50 bits per heavy atom. The Balaban J connectivity index is 2.53. The zero-order valence-electron chi connectivity index (χ0n) is 9.62. The molecule has 0 saturated carbocycles. The van der Waals surface area contributed by atoms with Crippen molar-refractivity contribution < 1.29 is 0 Å². The van der Waals surface area contributed by atoms with Gasteiger partial charge in [0.15, 0.2) is 0 Å². The van der Waals surface area contributed by atoms with Crippen LogP contribution in [-0.2, 0) is 0 Å². The monoisotopic (exact) mass is 300 g/mol. The van der Waals surface area contributed by atoms with E-state index >= 15 is 0 Å². The fraction of sp³-hybridized carbons (Fsp3) is 0.154. The average Bonchev–Trinajstić information content (AvgIpc) is 2.37. The number of rotatable bonds is 3. The molecule has 0 saturated heterocycles. The molecular formula is C13H11Cl3N2. The van der Waals surface area contributed by atoms with E-state index in [9.17, 15) is 0 Å². The third-order valence-electron chi connectivity index (χ3n) is 2.70. The van der Waals surface area contributed by atoms with Crippen molar-refractivity contribution in [3.63, 3.8) is 0 Å². The number of nitrogens with zero attached hydrogens (tertiary/aromatic N) is 1. The fourth-order valence-corrected chi connectivity index (χ4v) is 2.49. The first-order chi connectivity index (χ1) is 8.65. The molecular weight excluding hydrogens is 291 g/mol. The second-order valence-electron chi connectivity index (χ2n) is 3.76. The standard InChI is InChI=1S/C13H11Cl3N2/c1-17-13(8-5-6-18-7-11(8)15)9-3-2-4-10(14)12(9)16/h2-7,13,17H,1H3. The number of nitrogens with one attached hydrogen (secondary N) is 1. The maximum atomic E-state index is 6.24. The van der Waals surface area contributed by atoms with E-state index < -0.39 is 0 Å². The third kappa shape index (κ3) is 2.62. The maximum absolute atomic E-state index is 6.24. The first kappa shape index (κ1) is 13.6. The SMILES string of the molecule is CNC(c1ccncc1Cl)c1cccc(Cl)c1Cl. The van der Waals surface area contributed by atoms with E-state index in [0.29, 0.717) is 15.1 Å². The third-order valence-corrected chi connectivity index (χ3v) is 3.85. The molecule has 0 aliphatic carbocycles. The van der Waals surface area contributed by atoms with Gasteiger partial charge in [-0.25, -0.2) is 0 Å². The Morgan fingerprint density at radius 2 is 1.83 bits per heavy atom. The predicted molar refractivity (Wildman–Crippen MR) is 76.6 cm³/mol. The molecule has 0 aliphatic heterocycles. The summed E-state index contributed by atoms with van der Waals surface area (Å²) in [6.45, 7) is 0. The van der Waals surface area contributed by atoms with Gasteiger partial charge in [-0.2, -0.15) is 0 Å². The minimum absolute atomic E-state index is 0.119. The summed E-state index contributed by atoms with van der Waals surface area (Å²) in [7, 11) is 1.85. The van der Waals surface area contributed by atoms with Gasteiger partial charge in [-0.15, -0.1) is 0 Å². The van der Waals surface area contributed by atoms with E-state index in [1.807, 2.05) is 25.2 Å². The molecule has 0 aliphatic rings. The van der Waals surface area contributed by atoms with Crippen LogP contribution in [0.15, 0.2) is 36.7 Å². The highest BCUT2D eigenvalue weighted by atomic mass is 35.5. The van der Waals surface area contributed by atoms with Gasteiger partial charge in [0.2, 0.25) is 0 Å². The minimum Gasteiger partial charge on any atom is -0.309 e. The highest BCUT2D eigenvalue weighted by molar-refractivity contribution is 6.42. The molecule has 2 rings (SSSR count). The molecule has 1 N–H and O–H groups in total. The van der Waals surface area contributed by atoms with Crippen molar-refractivity contribution >= 4 is 34.8 Å². The Hall–Kier alpha value is -0.800. The van der Waals surface area contributed by atoms with Crippen molar-refractivity contribution in [2.24, 2.45) is 0 Å². The number of hydrogen-bond acceptors (Lipinski definition) is 2. The lowest BCUT2D eigenvalue weighted by Crippen LogP contribution is -2.18. The van der Waals surface area contributed by atoms with Crippen molar-refractivity contribution in [3.8, 4) is 0 Å². The van der Waals surface area contributed by atoms with Crippen LogP contribution in [0.1, 0.15) is 17.2 Å². The molecule has 5 heteroatoms. The molecule has 0 radical (unpaired) electrons. The number of benzene rings is 1. The lowest BCUT2D eigenvalue weighted by Gasteiger charge is -2.19. The maximum Gasteiger partial charge on any atom is 0.0643 e. The van der Waals surface area contributed by atoms with Gasteiger partial charge >= 0.3 is 0 Å². The van der Waals surface area contributed by atoms with Crippen LogP contribution in [0.4, 0.5) is 0 Å². The molecule has 0 bridgehead atoms. The van der Waals surface area contributed by atoms with E-state index in [0.717, 1.165) is 11.1 Å². The molecule has 94 valence electrons. The smallest absolute Gasteiger partial charge is 0.0643 e. The molecule has 18 heavy (non-hydrogen) atoms. The summed E-state index contributed by atoms with van der Waals surface area (Å²) in [5, 5.41) is 4.84. The van der Waals surface area contributed by atoms with Crippen LogP contribution < -0.4 is 5.32 Å². The van der Waals surface area contributed by atoms with Crippen LogP contribution in [0.5, 0.6) is 0 Å². The molecule has 0 spiro atoms. The molecule has 2 aromatic rings. The highest BCUT2D eigenvalue weighted by Crippen LogP contribution is 2.34. The van der Waals surface area contributed by atoms with Crippen molar-refractivity contribution in [2.45, 2.75) is 6.04 Å². The fourth-order valence-electron chi connectivity index (χ4n) is 1.84. The first-order valence-electron chi connectivity index (χ1n) is 5.35. The van der Waals surface area contributed by atoms with E-state index in [2.05, 4.69) is 10.3 Å². The molecule has 1 heterocycles. The quantitative estimate of drug-likeness (QED) is 0.911. The normalized spacial score (nSPS) is 12.4. The first-order valence-corrected chi connectivity index (χ1v) is 6.49. The zero-order valence-corrected chi connectivity index (χ0v) is 11.9. The van der Waals surface area contributed by atoms with Crippen LogP contribution in [0.3, 0.4) is 0 Å². The van der Waals surface area contributed by atoms with Crippen molar-refractivity contribution in [1.29, 1.82) is 0 Å². The zero-order chi connectivity index (χ0) is 13.1. The average molecular weight is 302 g/mol. The second kappa shape index (κ2) is 5.89. The van der Waals surface area contributed by atoms with Gasteiger partial charge in [-0.1, -0.05) is 46.9 Å². The lowest BCUT2D eigenvalue weighted by atomic mass is 10.00. The molecule has 1 atom stereocenters. The van der Waals surface area contributed by atoms with Crippen molar-refractivity contribution in [1.82, 2.24) is 10.3 Å². The summed E-state index contributed by atoms with van der Waals surface area (Å²) in [4.78, 5) is 3.98. The molecule has 2 nitrogen and oxygen atoms in total. The summed E-state index contributed by atoms with van der Waals surface area (Å²) >= 11 is 18.4. The lowest BCUT2D eigenvalue weighted by molar-refractivity contribution is 0.691. The van der Waals surface area contributed by atoms with E-state index in [1.54, 1.807) is 18.5 Å². The second-order valence-corrected chi connectivity index (χ2v) is 4.95. The van der Waals surface area contributed by atoms with Gasteiger partial charge in [-0.3, -0.25) is 4.98 Å². The van der Waals surface area contributed by atoms with Gasteiger partial charge < -0.3 is 5.32 Å². The van der Waals surface area contributed by atoms with Gasteiger partial charge in [0.1, 0.15) is 0 Å². The topological polar surface area (TPSA) is 24.9 Å². The van der Waals surface area contributed by atoms with Crippen LogP contribution in [0, 0.1) is 0 Å². The van der Waals surface area contributed by atoms with Crippen LogP contribution in [0.25, 0.3) is 0 Å². The van der Waals surface area contributed by atoms with Crippen molar-refractivity contribution in [3.05, 3.63) is 62.9 Å². The molecule has 0 amide bonds. The predicted octanol–water partition coefficient (Wildman–Crippen LogP) is 4.35. The number of aromatic nitrogens is 1. The van der Waals surface area contributed by atoms with Gasteiger partial charge in [0, 0.05) is 12.4 Å². The molecule has 1 aromatic carbocycles. The summed E-state index contributed by atoms with van der Waals surface area (Å²) in [5.41, 5.74) is 1.80. The van der Waals surface area contributed by atoms with Crippen LogP contribution in [-0.4, -0.2) is 12.0 Å². The van der Waals surface area contributed by atoms with E-state index in [4.69, 9.17) is 34.8 Å². The summed E-state index contributed by atoms with van der Waals surface area (Å²) in [5.74, 6) is 0. The minimum atomic E-state index is -0.119. The molecule has 1 aromatic heterocycles. The number of pyridine rings is 1. The van der Waals surface area contributed by atoms with Crippen molar-refractivity contribution in [2.75, 3.05) is 7.05 Å². The largest absolute Gasteiger partial charge is 0.309 e. The summed E-state index contributed by atoms with van der Waals surface area (Å²) in [6, 6.07) is 7.29. The molecule has 1 unspecified atom stereocenters. The molecule has 0 fully saturated rings. The Labute approximate surface area is 121 Å². The van der Waals surface area contributed by atoms with E-state index in [-0.39, 0.29) is 6.04 Å². The van der Waals surface area contributed by atoms with E-state index in [1.165, 1.54) is 0 Å². The number of hydrogen-bond donors (Lipinski definition) is 1. The summed E-state index contributed by atoms with van der Waals surface area (Å²) in [6.07, 6.45) is 3.31. The van der Waals surface area contributed by atoms with Gasteiger partial charge in [0.05, 0.1) is 21.1 Å². The Morgan fingerprint density at radius 1 is 1.06 bits per heavy atom. The van der Waals surface area contributed by atoms with Gasteiger partial charge in [0.25, 0.3) is 0 Å². The van der Waals surface area contributed by atoms with Gasteiger partial charge in [-0.05, 0) is 30.3 Å². The van der Waals surface area contributed by atoms with Crippen LogP contribution in [0.2, 0.25) is 15.1 Å². The Kier molecular flexibility index (Phi) is 4.46. The number of halogens is 3. The van der Waals surface area contributed by atoms with Crippen LogP contribution >= 0.6 is 34.8 Å².